The van der Waals surface area contributed by atoms with Crippen LogP contribution in [-0.2, 0) is 0 Å². The summed E-state index contributed by atoms with van der Waals surface area (Å²) in [6.45, 7) is 0. The zero-order chi connectivity index (χ0) is 19.3. The molecule has 1 amide bonds. The number of H-pyrrole nitrogens is 1. The second-order valence-corrected chi connectivity index (χ2v) is 6.15. The smallest absolute Gasteiger partial charge is 0.271 e. The molecule has 4 rings (SSSR count). The van der Waals surface area contributed by atoms with Gasteiger partial charge in [0.2, 0.25) is 0 Å². The minimum Gasteiger partial charge on any atom is -0.497 e. The fourth-order valence-corrected chi connectivity index (χ4v) is 3.03. The van der Waals surface area contributed by atoms with E-state index in [1.54, 1.807) is 25.6 Å². The Balaban J connectivity index is 1.52. The summed E-state index contributed by atoms with van der Waals surface area (Å²) in [4.78, 5) is 12.6. The first-order chi connectivity index (χ1) is 13.8. The highest BCUT2D eigenvalue weighted by Gasteiger charge is 2.09. The van der Waals surface area contributed by atoms with Gasteiger partial charge in [-0.2, -0.15) is 10.2 Å². The van der Waals surface area contributed by atoms with Crippen LogP contribution in [0.15, 0.2) is 78.0 Å². The molecule has 0 atom stereocenters. The van der Waals surface area contributed by atoms with E-state index >= 15 is 0 Å². The minimum atomic E-state index is -0.262. The SMILES string of the molecule is COc1ccc(-c2[nH]ncc2/C=N\NC(=O)c2cccc3ccccc23)cc1. The van der Waals surface area contributed by atoms with Crippen molar-refractivity contribution in [1.29, 1.82) is 0 Å². The number of hydrazone groups is 1. The maximum Gasteiger partial charge on any atom is 0.271 e. The van der Waals surface area contributed by atoms with Gasteiger partial charge in [-0.3, -0.25) is 9.89 Å². The summed E-state index contributed by atoms with van der Waals surface area (Å²) in [5.74, 6) is 0.517. The maximum absolute atomic E-state index is 12.6. The van der Waals surface area contributed by atoms with Gasteiger partial charge in [-0.25, -0.2) is 5.43 Å². The fraction of sp³-hybridized carbons (Fsp3) is 0.0455. The number of benzene rings is 3. The Morgan fingerprint density at radius 1 is 1.07 bits per heavy atom. The Kier molecular flexibility index (Phi) is 4.84. The Bertz CT molecular complexity index is 1140. The number of carbonyl (C=O) groups excluding carboxylic acids is 1. The average molecular weight is 370 g/mol. The van der Waals surface area contributed by atoms with Gasteiger partial charge in [0.05, 0.1) is 25.2 Å². The van der Waals surface area contributed by atoms with Crippen LogP contribution in [0.1, 0.15) is 15.9 Å². The summed E-state index contributed by atoms with van der Waals surface area (Å²) < 4.78 is 5.18. The lowest BCUT2D eigenvalue weighted by Gasteiger charge is -2.05. The van der Waals surface area contributed by atoms with Crippen LogP contribution in [0.4, 0.5) is 0 Å². The van der Waals surface area contributed by atoms with Crippen molar-refractivity contribution >= 4 is 22.9 Å². The molecule has 0 fully saturated rings. The van der Waals surface area contributed by atoms with Crippen LogP contribution < -0.4 is 10.2 Å². The molecule has 6 nitrogen and oxygen atoms in total. The first-order valence-corrected chi connectivity index (χ1v) is 8.75. The van der Waals surface area contributed by atoms with Crippen LogP contribution >= 0.6 is 0 Å². The van der Waals surface area contributed by atoms with Crippen molar-refractivity contribution in [2.75, 3.05) is 7.11 Å². The number of carbonyl (C=O) groups is 1. The van der Waals surface area contributed by atoms with E-state index in [1.165, 1.54) is 0 Å². The van der Waals surface area contributed by atoms with Crippen molar-refractivity contribution in [3.8, 4) is 17.0 Å². The summed E-state index contributed by atoms with van der Waals surface area (Å²) in [6, 6.07) is 21.0. The van der Waals surface area contributed by atoms with Crippen LogP contribution in [-0.4, -0.2) is 29.4 Å². The van der Waals surface area contributed by atoms with E-state index in [-0.39, 0.29) is 5.91 Å². The minimum absolute atomic E-state index is 0.262. The molecule has 4 aromatic rings. The number of hydrogen-bond donors (Lipinski definition) is 2. The topological polar surface area (TPSA) is 79.4 Å². The predicted molar refractivity (Wildman–Crippen MR) is 110 cm³/mol. The van der Waals surface area contributed by atoms with Crippen LogP contribution in [0, 0.1) is 0 Å². The standard InChI is InChI=1S/C22H18N4O2/c1-28-18-11-9-16(10-12-18)21-17(13-23-25-21)14-24-26-22(27)20-8-4-6-15-5-2-3-7-19(15)20/h2-14H,1H3,(H,23,25)(H,26,27)/b24-14-. The number of rotatable bonds is 5. The molecule has 0 unspecified atom stereocenters. The summed E-state index contributed by atoms with van der Waals surface area (Å²) >= 11 is 0. The molecular formula is C22H18N4O2. The zero-order valence-corrected chi connectivity index (χ0v) is 15.2. The Labute approximate surface area is 161 Å². The normalized spacial score (nSPS) is 11.0. The van der Waals surface area contributed by atoms with Gasteiger partial charge in [-0.1, -0.05) is 36.4 Å². The molecule has 6 heteroatoms. The van der Waals surface area contributed by atoms with E-state index in [2.05, 4.69) is 20.7 Å². The molecule has 0 spiro atoms. The molecule has 0 bridgehead atoms. The van der Waals surface area contributed by atoms with Crippen LogP contribution in [0.25, 0.3) is 22.0 Å². The van der Waals surface area contributed by atoms with E-state index in [4.69, 9.17) is 4.74 Å². The van der Waals surface area contributed by atoms with Crippen molar-refractivity contribution < 1.29 is 9.53 Å². The number of aromatic amines is 1. The molecule has 3 aromatic carbocycles. The van der Waals surface area contributed by atoms with Gasteiger partial charge >= 0.3 is 0 Å². The number of nitrogens with one attached hydrogen (secondary N) is 2. The highest BCUT2D eigenvalue weighted by molar-refractivity contribution is 6.07. The highest BCUT2D eigenvalue weighted by atomic mass is 16.5. The second kappa shape index (κ2) is 7.75. The molecule has 1 heterocycles. The van der Waals surface area contributed by atoms with Crippen molar-refractivity contribution in [1.82, 2.24) is 15.6 Å². The molecule has 0 aliphatic heterocycles. The second-order valence-electron chi connectivity index (χ2n) is 6.15. The first-order valence-electron chi connectivity index (χ1n) is 8.75. The van der Waals surface area contributed by atoms with Crippen molar-refractivity contribution in [2.45, 2.75) is 0 Å². The number of amides is 1. The van der Waals surface area contributed by atoms with Crippen LogP contribution in [0.5, 0.6) is 5.75 Å². The summed E-state index contributed by atoms with van der Waals surface area (Å²) in [7, 11) is 1.63. The molecule has 1 aromatic heterocycles. The molecule has 0 saturated heterocycles. The Hall–Kier alpha value is -3.93. The lowest BCUT2D eigenvalue weighted by molar-refractivity contribution is 0.0957. The lowest BCUT2D eigenvalue weighted by atomic mass is 10.0. The molecule has 0 radical (unpaired) electrons. The molecule has 2 N–H and O–H groups in total. The van der Waals surface area contributed by atoms with Crippen LogP contribution in [0.2, 0.25) is 0 Å². The van der Waals surface area contributed by atoms with Gasteiger partial charge in [0.1, 0.15) is 5.75 Å². The molecule has 138 valence electrons. The van der Waals surface area contributed by atoms with Crippen molar-refractivity contribution in [2.24, 2.45) is 5.10 Å². The molecule has 0 aliphatic rings. The molecular weight excluding hydrogens is 352 g/mol. The van der Waals surface area contributed by atoms with E-state index in [1.807, 2.05) is 60.7 Å². The zero-order valence-electron chi connectivity index (χ0n) is 15.2. The number of aromatic nitrogens is 2. The number of nitrogens with zero attached hydrogens (tertiary/aromatic N) is 2. The van der Waals surface area contributed by atoms with Gasteiger partial charge in [0.25, 0.3) is 5.91 Å². The fourth-order valence-electron chi connectivity index (χ4n) is 3.03. The summed E-state index contributed by atoms with van der Waals surface area (Å²) in [5.41, 5.74) is 5.70. The third-order valence-corrected chi connectivity index (χ3v) is 4.45. The van der Waals surface area contributed by atoms with E-state index < -0.39 is 0 Å². The van der Waals surface area contributed by atoms with Gasteiger partial charge < -0.3 is 4.74 Å². The van der Waals surface area contributed by atoms with Crippen molar-refractivity contribution in [3.63, 3.8) is 0 Å². The summed E-state index contributed by atoms with van der Waals surface area (Å²) in [5, 5.41) is 13.0. The highest BCUT2D eigenvalue weighted by Crippen LogP contribution is 2.23. The van der Waals surface area contributed by atoms with Gasteiger partial charge in [0.15, 0.2) is 0 Å². The predicted octanol–water partition coefficient (Wildman–Crippen LogP) is 4.00. The summed E-state index contributed by atoms with van der Waals surface area (Å²) in [6.07, 6.45) is 3.24. The lowest BCUT2D eigenvalue weighted by Crippen LogP contribution is -2.17. The van der Waals surface area contributed by atoms with Crippen LogP contribution in [0.3, 0.4) is 0 Å². The van der Waals surface area contributed by atoms with E-state index in [0.717, 1.165) is 33.3 Å². The van der Waals surface area contributed by atoms with Gasteiger partial charge in [-0.15, -0.1) is 0 Å². The van der Waals surface area contributed by atoms with Gasteiger partial charge in [0, 0.05) is 16.7 Å². The van der Waals surface area contributed by atoms with E-state index in [9.17, 15) is 4.79 Å². The molecule has 28 heavy (non-hydrogen) atoms. The van der Waals surface area contributed by atoms with E-state index in [0.29, 0.717) is 5.56 Å². The monoisotopic (exact) mass is 370 g/mol. The third kappa shape index (κ3) is 3.48. The maximum atomic E-state index is 12.6. The molecule has 0 aliphatic carbocycles. The molecule has 0 saturated carbocycles. The largest absolute Gasteiger partial charge is 0.497 e. The van der Waals surface area contributed by atoms with Crippen molar-refractivity contribution in [3.05, 3.63) is 84.1 Å². The quantitative estimate of drug-likeness (QED) is 0.412. The number of ether oxygens (including phenoxy) is 1. The average Bonchev–Trinajstić information content (AvgIpc) is 3.22. The Morgan fingerprint density at radius 2 is 1.86 bits per heavy atom. The third-order valence-electron chi connectivity index (χ3n) is 4.45. The number of methoxy groups -OCH3 is 1. The number of fused-ring (bicyclic) bond motifs is 1. The number of hydrogen-bond acceptors (Lipinski definition) is 4. The Morgan fingerprint density at radius 3 is 2.68 bits per heavy atom. The van der Waals surface area contributed by atoms with Gasteiger partial charge in [-0.05, 0) is 41.1 Å². The first kappa shape index (κ1) is 17.5.